The van der Waals surface area contributed by atoms with Crippen LogP contribution < -0.4 is 39.4 Å². The molecule has 4 nitrogen and oxygen atoms in total. The smallest absolute Gasteiger partial charge is 0.546 e. The molecule has 0 radical (unpaired) electrons. The summed E-state index contributed by atoms with van der Waals surface area (Å²) in [5.74, 6) is -0.675. The fourth-order valence-corrected chi connectivity index (χ4v) is 0.659. The molecule has 0 bridgehead atoms. The van der Waals surface area contributed by atoms with Crippen molar-refractivity contribution in [2.45, 2.75) is 0 Å². The normalized spacial score (nSPS) is 7.69. The minimum absolute atomic E-state index is 0. The Morgan fingerprint density at radius 1 is 1.31 bits per heavy atom. The number of hydrogen-bond acceptors (Lipinski definition) is 3. The number of carbonyl (C=O) groups excluding carboxylic acids is 1. The first-order valence-corrected chi connectivity index (χ1v) is 3.17. The van der Waals surface area contributed by atoms with E-state index in [1.807, 2.05) is 6.07 Å². The Hall–Kier alpha value is -0.550. The van der Waals surface area contributed by atoms with Crippen molar-refractivity contribution >= 4 is 5.97 Å². The van der Waals surface area contributed by atoms with Gasteiger partial charge in [-0.25, -0.2) is 0 Å². The number of carboxylic acids is 1. The molecular weight excluding hydrogens is 183 g/mol. The van der Waals surface area contributed by atoms with Gasteiger partial charge in [0, 0.05) is 0 Å². The van der Waals surface area contributed by atoms with Crippen LogP contribution in [0.2, 0.25) is 0 Å². The Kier molecular flexibility index (Phi) is 9.27. The predicted octanol–water partition coefficient (Wildman–Crippen LogP) is -4.01. The maximum absolute atomic E-state index is 9.94. The van der Waals surface area contributed by atoms with Gasteiger partial charge in [0.25, 0.3) is 0 Å². The maximum Gasteiger partial charge on any atom is 1.00 e. The second-order valence-corrected chi connectivity index (χ2v) is 1.97. The van der Waals surface area contributed by atoms with Crippen LogP contribution in [-0.2, 0) is 4.79 Å². The van der Waals surface area contributed by atoms with Gasteiger partial charge >= 0.3 is 29.6 Å². The van der Waals surface area contributed by atoms with Crippen LogP contribution in [0.25, 0.3) is 0 Å². The summed E-state index contributed by atoms with van der Waals surface area (Å²) in [5, 5.41) is 9.94. The summed E-state index contributed by atoms with van der Waals surface area (Å²) in [6.07, 6.45) is 0. The largest absolute Gasteiger partial charge is 1.00 e. The van der Waals surface area contributed by atoms with Crippen LogP contribution in [0, 0.1) is 0 Å². The Morgan fingerprint density at radius 3 is 2.31 bits per heavy atom. The fraction of sp³-hybridized carbons (Fsp3) is 0.125. The Labute approximate surface area is 98.1 Å². The zero-order chi connectivity index (χ0) is 8.10. The van der Waals surface area contributed by atoms with Crippen LogP contribution in [0.3, 0.4) is 0 Å². The van der Waals surface area contributed by atoms with E-state index in [1.165, 1.54) is 0 Å². The van der Waals surface area contributed by atoms with E-state index in [0.717, 1.165) is 0 Å². The number of benzene rings is 1. The van der Waals surface area contributed by atoms with Gasteiger partial charge in [-0.1, -0.05) is 18.2 Å². The van der Waals surface area contributed by atoms with Crippen LogP contribution in [0.4, 0.5) is 0 Å². The second kappa shape index (κ2) is 8.07. The molecule has 0 fully saturated rings. The summed E-state index contributed by atoms with van der Waals surface area (Å²) >= 11 is 0. The molecular formula is C8H9NaO4. The number of rotatable bonds is 3. The van der Waals surface area contributed by atoms with Gasteiger partial charge in [-0.3, -0.25) is 0 Å². The molecule has 0 aromatic heterocycles. The molecule has 0 atom stereocenters. The molecule has 0 spiro atoms. The van der Waals surface area contributed by atoms with E-state index in [4.69, 9.17) is 4.74 Å². The van der Waals surface area contributed by atoms with Gasteiger partial charge in [-0.05, 0) is 12.1 Å². The van der Waals surface area contributed by atoms with Crippen LogP contribution in [0.5, 0.6) is 5.75 Å². The van der Waals surface area contributed by atoms with Gasteiger partial charge in [0.15, 0.2) is 0 Å². The van der Waals surface area contributed by atoms with E-state index >= 15 is 0 Å². The number of hydrogen-bond donors (Lipinski definition) is 0. The minimum atomic E-state index is -1.21. The monoisotopic (exact) mass is 192 g/mol. The Morgan fingerprint density at radius 2 is 1.85 bits per heavy atom. The second-order valence-electron chi connectivity index (χ2n) is 1.97. The van der Waals surface area contributed by atoms with Crippen molar-refractivity contribution in [3.63, 3.8) is 0 Å². The van der Waals surface area contributed by atoms with Crippen molar-refractivity contribution in [2.75, 3.05) is 6.61 Å². The molecule has 0 heterocycles. The van der Waals surface area contributed by atoms with Gasteiger partial charge in [-0.15, -0.1) is 0 Å². The average molecular weight is 192 g/mol. The summed E-state index contributed by atoms with van der Waals surface area (Å²) in [6.45, 7) is -0.399. The van der Waals surface area contributed by atoms with E-state index in [2.05, 4.69) is 0 Å². The molecule has 2 N–H and O–H groups in total. The third kappa shape index (κ3) is 6.60. The molecule has 0 saturated heterocycles. The van der Waals surface area contributed by atoms with E-state index in [1.54, 1.807) is 24.3 Å². The van der Waals surface area contributed by atoms with Crippen molar-refractivity contribution in [3.05, 3.63) is 30.3 Å². The molecule has 1 rings (SSSR count). The molecule has 1 aromatic carbocycles. The topological polar surface area (TPSA) is 80.9 Å². The molecule has 0 amide bonds. The van der Waals surface area contributed by atoms with Gasteiger partial charge in [0.05, 0.1) is 5.97 Å². The SMILES string of the molecule is O.O=C([O-])COc1ccccc1.[Na+]. The van der Waals surface area contributed by atoms with Crippen LogP contribution in [0.15, 0.2) is 30.3 Å². The minimum Gasteiger partial charge on any atom is -0.546 e. The molecule has 0 aliphatic carbocycles. The standard InChI is InChI=1S/C8H8O3.Na.H2O/c9-8(10)6-11-7-4-2-1-3-5-7;;/h1-5H,6H2,(H,9,10);;1H2/q;+1;/p-1. The molecule has 0 saturated carbocycles. The average Bonchev–Trinajstić information content (AvgIpc) is 2.03. The van der Waals surface area contributed by atoms with Gasteiger partial charge in [-0.2, -0.15) is 0 Å². The zero-order valence-electron chi connectivity index (χ0n) is 7.32. The van der Waals surface area contributed by atoms with E-state index in [9.17, 15) is 9.90 Å². The van der Waals surface area contributed by atoms with E-state index in [0.29, 0.717) is 5.75 Å². The van der Waals surface area contributed by atoms with E-state index < -0.39 is 12.6 Å². The summed E-state index contributed by atoms with van der Waals surface area (Å²) in [6, 6.07) is 8.73. The van der Waals surface area contributed by atoms with Crippen molar-refractivity contribution in [3.8, 4) is 5.75 Å². The number of ether oxygens (including phenoxy) is 1. The first kappa shape index (κ1) is 14.9. The maximum atomic E-state index is 9.94. The summed E-state index contributed by atoms with van der Waals surface area (Å²) in [7, 11) is 0. The number of carbonyl (C=O) groups is 1. The third-order valence-corrected chi connectivity index (χ3v) is 1.10. The van der Waals surface area contributed by atoms with Crippen molar-refractivity contribution in [1.29, 1.82) is 0 Å². The number of carboxylic acid groups (broad SMARTS) is 1. The summed E-state index contributed by atoms with van der Waals surface area (Å²) < 4.78 is 4.81. The third-order valence-electron chi connectivity index (χ3n) is 1.10. The van der Waals surface area contributed by atoms with Crippen molar-refractivity contribution < 1.29 is 49.7 Å². The molecule has 5 heteroatoms. The molecule has 1 aromatic rings. The van der Waals surface area contributed by atoms with Crippen molar-refractivity contribution in [1.82, 2.24) is 0 Å². The first-order valence-electron chi connectivity index (χ1n) is 3.17. The first-order chi connectivity index (χ1) is 5.29. The zero-order valence-corrected chi connectivity index (χ0v) is 9.32. The summed E-state index contributed by atoms with van der Waals surface area (Å²) in [4.78, 5) is 9.94. The van der Waals surface area contributed by atoms with Crippen LogP contribution >= 0.6 is 0 Å². The molecule has 0 unspecified atom stereocenters. The molecule has 0 aliphatic rings. The Bertz CT molecular complexity index is 237. The molecule has 66 valence electrons. The van der Waals surface area contributed by atoms with Gasteiger partial charge < -0.3 is 20.1 Å². The Balaban J connectivity index is 0. The number of aliphatic carboxylic acids is 1. The van der Waals surface area contributed by atoms with Crippen LogP contribution in [0.1, 0.15) is 0 Å². The quantitative estimate of drug-likeness (QED) is 0.458. The fourth-order valence-electron chi connectivity index (χ4n) is 0.659. The van der Waals surface area contributed by atoms with Crippen molar-refractivity contribution in [2.24, 2.45) is 0 Å². The van der Waals surface area contributed by atoms with Gasteiger partial charge in [0.2, 0.25) is 0 Å². The van der Waals surface area contributed by atoms with E-state index in [-0.39, 0.29) is 35.0 Å². The predicted molar refractivity (Wildman–Crippen MR) is 40.6 cm³/mol. The van der Waals surface area contributed by atoms with Crippen LogP contribution in [-0.4, -0.2) is 18.1 Å². The molecule has 0 aliphatic heterocycles. The molecule has 13 heavy (non-hydrogen) atoms. The summed E-state index contributed by atoms with van der Waals surface area (Å²) in [5.41, 5.74) is 0. The van der Waals surface area contributed by atoms with Gasteiger partial charge in [0.1, 0.15) is 12.4 Å². The number of para-hydroxylation sites is 1.